The third kappa shape index (κ3) is 3.50. The summed E-state index contributed by atoms with van der Waals surface area (Å²) in [5.74, 6) is 0.459. The van der Waals surface area contributed by atoms with Crippen LogP contribution in [0, 0.1) is 6.92 Å². The first kappa shape index (κ1) is 18.2. The minimum absolute atomic E-state index is 0.153. The van der Waals surface area contributed by atoms with E-state index >= 15 is 0 Å². The maximum Gasteiger partial charge on any atom is 0.276 e. The Morgan fingerprint density at radius 1 is 1.22 bits per heavy atom. The maximum absolute atomic E-state index is 12.9. The van der Waals surface area contributed by atoms with Crippen LogP contribution in [0.25, 0.3) is 0 Å². The summed E-state index contributed by atoms with van der Waals surface area (Å²) in [6.07, 6.45) is 0.474. The SMILES string of the molecule is Cc1cc(C(=O)N2CC[C@](O)(c3ccccc3)[C@H](N3CCOCC3)C2)no1. The molecule has 7 heteroatoms. The number of ether oxygens (including phenoxy) is 1. The molecule has 0 aliphatic carbocycles. The number of hydrogen-bond donors (Lipinski definition) is 1. The molecule has 2 atom stereocenters. The molecule has 2 fully saturated rings. The Hall–Kier alpha value is -2.22. The molecule has 2 aromatic rings. The number of benzene rings is 1. The van der Waals surface area contributed by atoms with Gasteiger partial charge in [0.1, 0.15) is 11.4 Å². The number of aliphatic hydroxyl groups is 1. The highest BCUT2D eigenvalue weighted by atomic mass is 16.5. The van der Waals surface area contributed by atoms with Gasteiger partial charge in [-0.2, -0.15) is 0 Å². The van der Waals surface area contributed by atoms with E-state index in [1.807, 2.05) is 30.3 Å². The number of hydrogen-bond acceptors (Lipinski definition) is 6. The van der Waals surface area contributed by atoms with E-state index in [-0.39, 0.29) is 11.9 Å². The first-order valence-corrected chi connectivity index (χ1v) is 9.40. The predicted molar refractivity (Wildman–Crippen MR) is 98.3 cm³/mol. The fourth-order valence-corrected chi connectivity index (χ4v) is 4.11. The van der Waals surface area contributed by atoms with Crippen LogP contribution < -0.4 is 0 Å². The van der Waals surface area contributed by atoms with Gasteiger partial charge < -0.3 is 19.3 Å². The van der Waals surface area contributed by atoms with Crippen molar-refractivity contribution in [1.29, 1.82) is 0 Å². The molecule has 7 nitrogen and oxygen atoms in total. The highest BCUT2D eigenvalue weighted by molar-refractivity contribution is 5.92. The lowest BCUT2D eigenvalue weighted by atomic mass is 9.79. The lowest BCUT2D eigenvalue weighted by Crippen LogP contribution is -2.63. The Labute approximate surface area is 158 Å². The van der Waals surface area contributed by atoms with Crippen molar-refractivity contribution in [1.82, 2.24) is 15.0 Å². The number of aromatic nitrogens is 1. The number of rotatable bonds is 3. The molecule has 2 aliphatic rings. The Balaban J connectivity index is 1.62. The lowest BCUT2D eigenvalue weighted by Gasteiger charge is -2.50. The zero-order valence-electron chi connectivity index (χ0n) is 15.5. The number of amides is 1. The van der Waals surface area contributed by atoms with Gasteiger partial charge in [0, 0.05) is 32.2 Å². The number of morpholine rings is 1. The van der Waals surface area contributed by atoms with Crippen LogP contribution in [0.4, 0.5) is 0 Å². The normalized spacial score (nSPS) is 26.9. The standard InChI is InChI=1S/C20H25N3O4/c1-15-13-17(21-27-15)19(24)23-8-7-20(25,16-5-3-2-4-6-16)18(14-23)22-9-11-26-12-10-22/h2-6,13,18,25H,7-12,14H2,1H3/t18-,20+/m1/s1. The van der Waals surface area contributed by atoms with E-state index in [1.54, 1.807) is 17.9 Å². The van der Waals surface area contributed by atoms with Gasteiger partial charge in [-0.05, 0) is 18.9 Å². The smallest absolute Gasteiger partial charge is 0.276 e. The molecule has 27 heavy (non-hydrogen) atoms. The minimum atomic E-state index is -1.00. The van der Waals surface area contributed by atoms with E-state index < -0.39 is 5.60 Å². The van der Waals surface area contributed by atoms with E-state index in [4.69, 9.17) is 9.26 Å². The summed E-state index contributed by atoms with van der Waals surface area (Å²) in [6, 6.07) is 11.2. The Morgan fingerprint density at radius 2 is 1.96 bits per heavy atom. The number of carbonyl (C=O) groups is 1. The van der Waals surface area contributed by atoms with Crippen LogP contribution in [-0.2, 0) is 10.3 Å². The molecule has 4 rings (SSSR count). The molecule has 1 amide bonds. The van der Waals surface area contributed by atoms with Crippen molar-refractivity contribution in [3.05, 3.63) is 53.4 Å². The number of piperidine rings is 1. The van der Waals surface area contributed by atoms with E-state index in [0.717, 1.165) is 18.7 Å². The summed E-state index contributed by atoms with van der Waals surface area (Å²) in [6.45, 7) is 5.43. The second-order valence-electron chi connectivity index (χ2n) is 7.28. The van der Waals surface area contributed by atoms with E-state index in [9.17, 15) is 9.90 Å². The molecule has 2 saturated heterocycles. The number of aryl methyl sites for hydroxylation is 1. The number of carbonyl (C=O) groups excluding carboxylic acids is 1. The Morgan fingerprint density at radius 3 is 2.63 bits per heavy atom. The fourth-order valence-electron chi connectivity index (χ4n) is 4.11. The van der Waals surface area contributed by atoms with Gasteiger partial charge in [-0.15, -0.1) is 0 Å². The van der Waals surface area contributed by atoms with Crippen molar-refractivity contribution >= 4 is 5.91 Å². The topological polar surface area (TPSA) is 79.0 Å². The van der Waals surface area contributed by atoms with Gasteiger partial charge in [0.15, 0.2) is 5.69 Å². The van der Waals surface area contributed by atoms with Crippen LogP contribution >= 0.6 is 0 Å². The van der Waals surface area contributed by atoms with Gasteiger partial charge in [-0.25, -0.2) is 0 Å². The molecule has 0 radical (unpaired) electrons. The fraction of sp³-hybridized carbons (Fsp3) is 0.500. The highest BCUT2D eigenvalue weighted by Crippen LogP contribution is 2.36. The van der Waals surface area contributed by atoms with Crippen molar-refractivity contribution < 1.29 is 19.2 Å². The average Bonchev–Trinajstić information content (AvgIpc) is 3.15. The van der Waals surface area contributed by atoms with Crippen LogP contribution in [0.1, 0.15) is 28.2 Å². The van der Waals surface area contributed by atoms with Crippen LogP contribution in [0.2, 0.25) is 0 Å². The van der Waals surface area contributed by atoms with Crippen LogP contribution in [0.5, 0.6) is 0 Å². The predicted octanol–water partition coefficient (Wildman–Crippen LogP) is 1.42. The van der Waals surface area contributed by atoms with Gasteiger partial charge in [-0.1, -0.05) is 35.5 Å². The van der Waals surface area contributed by atoms with Crippen LogP contribution in [-0.4, -0.2) is 71.4 Å². The van der Waals surface area contributed by atoms with E-state index in [1.165, 1.54) is 0 Å². The van der Waals surface area contributed by atoms with Gasteiger partial charge in [0.2, 0.25) is 0 Å². The Bertz CT molecular complexity index is 788. The minimum Gasteiger partial charge on any atom is -0.383 e. The maximum atomic E-state index is 12.9. The molecule has 3 heterocycles. The third-order valence-corrected chi connectivity index (χ3v) is 5.60. The quantitative estimate of drug-likeness (QED) is 0.879. The molecule has 0 spiro atoms. The average molecular weight is 371 g/mol. The third-order valence-electron chi connectivity index (χ3n) is 5.60. The first-order chi connectivity index (χ1) is 13.1. The van der Waals surface area contributed by atoms with Crippen molar-refractivity contribution in [3.8, 4) is 0 Å². The molecule has 1 aromatic heterocycles. The summed E-state index contributed by atoms with van der Waals surface area (Å²) in [4.78, 5) is 16.9. The molecular formula is C20H25N3O4. The number of nitrogens with zero attached hydrogens (tertiary/aromatic N) is 3. The summed E-state index contributed by atoms with van der Waals surface area (Å²) < 4.78 is 10.5. The lowest BCUT2D eigenvalue weighted by molar-refractivity contribution is -0.112. The van der Waals surface area contributed by atoms with E-state index in [2.05, 4.69) is 10.1 Å². The summed E-state index contributed by atoms with van der Waals surface area (Å²) in [7, 11) is 0. The summed E-state index contributed by atoms with van der Waals surface area (Å²) in [5, 5.41) is 15.5. The van der Waals surface area contributed by atoms with Gasteiger partial charge in [0.25, 0.3) is 5.91 Å². The largest absolute Gasteiger partial charge is 0.383 e. The molecule has 0 saturated carbocycles. The van der Waals surface area contributed by atoms with Crippen molar-refractivity contribution in [2.75, 3.05) is 39.4 Å². The molecule has 144 valence electrons. The second kappa shape index (κ2) is 7.42. The molecule has 1 aromatic carbocycles. The molecule has 2 aliphatic heterocycles. The van der Waals surface area contributed by atoms with Crippen molar-refractivity contribution in [2.45, 2.75) is 25.0 Å². The van der Waals surface area contributed by atoms with Crippen LogP contribution in [0.15, 0.2) is 40.9 Å². The van der Waals surface area contributed by atoms with Crippen molar-refractivity contribution in [2.24, 2.45) is 0 Å². The molecule has 0 unspecified atom stereocenters. The van der Waals surface area contributed by atoms with Gasteiger partial charge in [-0.3, -0.25) is 9.69 Å². The summed E-state index contributed by atoms with van der Waals surface area (Å²) >= 11 is 0. The van der Waals surface area contributed by atoms with Gasteiger partial charge in [0.05, 0.1) is 19.3 Å². The summed E-state index contributed by atoms with van der Waals surface area (Å²) in [5.41, 5.74) is 0.207. The van der Waals surface area contributed by atoms with Crippen molar-refractivity contribution in [3.63, 3.8) is 0 Å². The van der Waals surface area contributed by atoms with Crippen LogP contribution in [0.3, 0.4) is 0 Å². The first-order valence-electron chi connectivity index (χ1n) is 9.40. The zero-order valence-corrected chi connectivity index (χ0v) is 15.5. The van der Waals surface area contributed by atoms with E-state index in [0.29, 0.717) is 44.2 Å². The molecule has 1 N–H and O–H groups in total. The Kier molecular flexibility index (Phi) is 4.99. The zero-order chi connectivity index (χ0) is 18.9. The number of likely N-dealkylation sites (tertiary alicyclic amines) is 1. The second-order valence-corrected chi connectivity index (χ2v) is 7.28. The molecule has 0 bridgehead atoms. The highest BCUT2D eigenvalue weighted by Gasteiger charge is 2.47. The molecular weight excluding hydrogens is 346 g/mol. The van der Waals surface area contributed by atoms with Gasteiger partial charge >= 0.3 is 0 Å². The monoisotopic (exact) mass is 371 g/mol.